The first-order valence-corrected chi connectivity index (χ1v) is 4.65. The number of ether oxygens (including phenoxy) is 3. The molecule has 1 unspecified atom stereocenters. The van der Waals surface area contributed by atoms with Gasteiger partial charge in [-0.15, -0.1) is 0 Å². The van der Waals surface area contributed by atoms with Gasteiger partial charge in [0.2, 0.25) is 5.91 Å². The molecular formula is C9H17NO4. The first-order valence-electron chi connectivity index (χ1n) is 4.65. The SMILES string of the molecule is CCOC1OC[C@@]1(COC)NC(C)=O. The third-order valence-electron chi connectivity index (χ3n) is 2.09. The van der Waals surface area contributed by atoms with Gasteiger partial charge in [-0.05, 0) is 6.92 Å². The highest BCUT2D eigenvalue weighted by Gasteiger charge is 2.50. The first-order chi connectivity index (χ1) is 6.64. The van der Waals surface area contributed by atoms with Crippen molar-refractivity contribution in [1.29, 1.82) is 0 Å². The lowest BCUT2D eigenvalue weighted by Gasteiger charge is -2.47. The summed E-state index contributed by atoms with van der Waals surface area (Å²) in [6.07, 6.45) is -0.392. The zero-order valence-electron chi connectivity index (χ0n) is 8.83. The summed E-state index contributed by atoms with van der Waals surface area (Å²) in [5.41, 5.74) is -0.503. The fourth-order valence-corrected chi connectivity index (χ4v) is 1.56. The topological polar surface area (TPSA) is 56.8 Å². The highest BCUT2D eigenvalue weighted by Crippen LogP contribution is 2.27. The average Bonchev–Trinajstić information content (AvgIpc) is 2.11. The quantitative estimate of drug-likeness (QED) is 0.678. The number of hydrogen-bond acceptors (Lipinski definition) is 4. The minimum Gasteiger partial charge on any atom is -0.382 e. The maximum Gasteiger partial charge on any atom is 0.217 e. The molecule has 0 radical (unpaired) electrons. The van der Waals surface area contributed by atoms with Crippen LogP contribution in [0.5, 0.6) is 0 Å². The minimum atomic E-state index is -0.503. The van der Waals surface area contributed by atoms with Crippen molar-refractivity contribution in [3.63, 3.8) is 0 Å². The number of carbonyl (C=O) groups is 1. The third kappa shape index (κ3) is 2.23. The molecule has 0 aromatic rings. The van der Waals surface area contributed by atoms with Gasteiger partial charge >= 0.3 is 0 Å². The molecule has 14 heavy (non-hydrogen) atoms. The number of methoxy groups -OCH3 is 1. The van der Waals surface area contributed by atoms with Crippen molar-refractivity contribution in [3.05, 3.63) is 0 Å². The molecule has 0 aromatic heterocycles. The van der Waals surface area contributed by atoms with E-state index < -0.39 is 11.8 Å². The van der Waals surface area contributed by atoms with Crippen LogP contribution in [-0.2, 0) is 19.0 Å². The van der Waals surface area contributed by atoms with E-state index in [-0.39, 0.29) is 5.91 Å². The molecule has 1 heterocycles. The van der Waals surface area contributed by atoms with Crippen molar-refractivity contribution in [3.8, 4) is 0 Å². The van der Waals surface area contributed by atoms with Gasteiger partial charge in [0.05, 0.1) is 13.2 Å². The van der Waals surface area contributed by atoms with Crippen molar-refractivity contribution >= 4 is 5.91 Å². The van der Waals surface area contributed by atoms with Crippen molar-refractivity contribution < 1.29 is 19.0 Å². The Morgan fingerprint density at radius 3 is 2.79 bits per heavy atom. The van der Waals surface area contributed by atoms with Crippen LogP contribution in [0.4, 0.5) is 0 Å². The Labute approximate surface area is 83.7 Å². The Hall–Kier alpha value is -0.650. The van der Waals surface area contributed by atoms with Crippen LogP contribution < -0.4 is 5.32 Å². The predicted molar refractivity (Wildman–Crippen MR) is 49.8 cm³/mol. The molecule has 0 bridgehead atoms. The van der Waals surface area contributed by atoms with Crippen LogP contribution in [0.3, 0.4) is 0 Å². The van der Waals surface area contributed by atoms with Gasteiger partial charge in [0.25, 0.3) is 0 Å². The lowest BCUT2D eigenvalue weighted by atomic mass is 9.96. The van der Waals surface area contributed by atoms with E-state index in [1.807, 2.05) is 6.92 Å². The molecule has 0 aromatic carbocycles. The maximum absolute atomic E-state index is 11.0. The minimum absolute atomic E-state index is 0.102. The van der Waals surface area contributed by atoms with E-state index in [0.29, 0.717) is 19.8 Å². The molecule has 0 spiro atoms. The van der Waals surface area contributed by atoms with Gasteiger partial charge in [0.15, 0.2) is 6.29 Å². The second-order valence-electron chi connectivity index (χ2n) is 3.37. The second-order valence-corrected chi connectivity index (χ2v) is 3.37. The molecule has 1 rings (SSSR count). The molecule has 82 valence electrons. The summed E-state index contributed by atoms with van der Waals surface area (Å²) in [6, 6.07) is 0. The van der Waals surface area contributed by atoms with Gasteiger partial charge in [-0.3, -0.25) is 4.79 Å². The summed E-state index contributed by atoms with van der Waals surface area (Å²) >= 11 is 0. The molecule has 1 aliphatic heterocycles. The maximum atomic E-state index is 11.0. The number of rotatable bonds is 5. The van der Waals surface area contributed by atoms with Gasteiger partial charge in [-0.2, -0.15) is 0 Å². The molecule has 0 aliphatic carbocycles. The van der Waals surface area contributed by atoms with Crippen molar-refractivity contribution in [2.24, 2.45) is 0 Å². The molecule has 5 heteroatoms. The first kappa shape index (κ1) is 11.4. The largest absolute Gasteiger partial charge is 0.382 e. The summed E-state index contributed by atoms with van der Waals surface area (Å²) in [6.45, 7) is 4.74. The summed E-state index contributed by atoms with van der Waals surface area (Å²) in [4.78, 5) is 11.0. The predicted octanol–water partition coefficient (Wildman–Crippen LogP) is -0.0995. The number of amides is 1. The van der Waals surface area contributed by atoms with Gasteiger partial charge in [-0.25, -0.2) is 0 Å². The van der Waals surface area contributed by atoms with E-state index in [2.05, 4.69) is 5.32 Å². The van der Waals surface area contributed by atoms with Gasteiger partial charge in [-0.1, -0.05) is 0 Å². The highest BCUT2D eigenvalue weighted by atomic mass is 16.7. The van der Waals surface area contributed by atoms with E-state index in [1.54, 1.807) is 7.11 Å². The van der Waals surface area contributed by atoms with Gasteiger partial charge < -0.3 is 19.5 Å². The summed E-state index contributed by atoms with van der Waals surface area (Å²) in [5.74, 6) is -0.102. The summed E-state index contributed by atoms with van der Waals surface area (Å²) in [5, 5.41) is 2.81. The van der Waals surface area contributed by atoms with Crippen LogP contribution in [0, 0.1) is 0 Å². The molecule has 1 amide bonds. The lowest BCUT2D eigenvalue weighted by molar-refractivity contribution is -0.285. The Bertz CT molecular complexity index is 209. The molecule has 5 nitrogen and oxygen atoms in total. The monoisotopic (exact) mass is 203 g/mol. The van der Waals surface area contributed by atoms with Crippen LogP contribution in [0.1, 0.15) is 13.8 Å². The molecule has 1 saturated heterocycles. The summed E-state index contributed by atoms with van der Waals surface area (Å²) in [7, 11) is 1.59. The third-order valence-corrected chi connectivity index (χ3v) is 2.09. The van der Waals surface area contributed by atoms with Crippen LogP contribution >= 0.6 is 0 Å². The Kier molecular flexibility index (Phi) is 3.86. The number of carbonyl (C=O) groups excluding carboxylic acids is 1. The second kappa shape index (κ2) is 4.72. The van der Waals surface area contributed by atoms with Crippen molar-refractivity contribution in [1.82, 2.24) is 5.32 Å². The van der Waals surface area contributed by atoms with Crippen LogP contribution in [0.15, 0.2) is 0 Å². The lowest BCUT2D eigenvalue weighted by Crippen LogP contribution is -2.71. The zero-order valence-corrected chi connectivity index (χ0v) is 8.83. The Balaban J connectivity index is 2.57. The molecular weight excluding hydrogens is 186 g/mol. The van der Waals surface area contributed by atoms with E-state index in [9.17, 15) is 4.79 Å². The molecule has 1 fully saturated rings. The van der Waals surface area contributed by atoms with Crippen LogP contribution in [0.2, 0.25) is 0 Å². The number of hydrogen-bond donors (Lipinski definition) is 1. The molecule has 0 saturated carbocycles. The molecule has 2 atom stereocenters. The fourth-order valence-electron chi connectivity index (χ4n) is 1.56. The standard InChI is InChI=1S/C9H17NO4/c1-4-13-8-9(5-12-3,6-14-8)10-7(2)11/h8H,4-6H2,1-3H3,(H,10,11)/t8?,9-/m1/s1. The molecule has 1 aliphatic rings. The fraction of sp³-hybridized carbons (Fsp3) is 0.889. The number of nitrogens with one attached hydrogen (secondary N) is 1. The van der Waals surface area contributed by atoms with Gasteiger partial charge in [0.1, 0.15) is 5.54 Å². The average molecular weight is 203 g/mol. The molecule has 1 N–H and O–H groups in total. The van der Waals surface area contributed by atoms with Crippen molar-refractivity contribution in [2.45, 2.75) is 25.7 Å². The van der Waals surface area contributed by atoms with Crippen LogP contribution in [0.25, 0.3) is 0 Å². The van der Waals surface area contributed by atoms with E-state index >= 15 is 0 Å². The Morgan fingerprint density at radius 2 is 2.43 bits per heavy atom. The normalized spacial score (nSPS) is 30.9. The Morgan fingerprint density at radius 1 is 1.71 bits per heavy atom. The van der Waals surface area contributed by atoms with E-state index in [1.165, 1.54) is 6.92 Å². The van der Waals surface area contributed by atoms with Crippen LogP contribution in [-0.4, -0.2) is 44.7 Å². The smallest absolute Gasteiger partial charge is 0.217 e. The van der Waals surface area contributed by atoms with Crippen molar-refractivity contribution in [2.75, 3.05) is 26.9 Å². The zero-order chi connectivity index (χ0) is 10.6. The van der Waals surface area contributed by atoms with E-state index in [4.69, 9.17) is 14.2 Å². The highest BCUT2D eigenvalue weighted by molar-refractivity contribution is 5.74. The summed E-state index contributed by atoms with van der Waals surface area (Å²) < 4.78 is 15.6. The van der Waals surface area contributed by atoms with E-state index in [0.717, 1.165) is 0 Å². The van der Waals surface area contributed by atoms with Gasteiger partial charge in [0, 0.05) is 20.6 Å².